The van der Waals surface area contributed by atoms with Gasteiger partial charge in [-0.25, -0.2) is 0 Å². The molecule has 0 radical (unpaired) electrons. The van der Waals surface area contributed by atoms with Crippen molar-refractivity contribution >= 4 is 17.8 Å². The topological polar surface area (TPSA) is 78.0 Å². The van der Waals surface area contributed by atoms with E-state index >= 15 is 0 Å². The molecule has 0 amide bonds. The van der Waals surface area contributed by atoms with Crippen LogP contribution in [0.4, 0.5) is 17.8 Å². The maximum absolute atomic E-state index is 4.57. The third-order valence-corrected chi connectivity index (χ3v) is 2.93. The summed E-state index contributed by atoms with van der Waals surface area (Å²) in [5.41, 5.74) is -0.0861. The van der Waals surface area contributed by atoms with Crippen molar-refractivity contribution in [2.24, 2.45) is 0 Å². The van der Waals surface area contributed by atoms with Crippen LogP contribution >= 0.6 is 0 Å². The number of hydrogen-bond donors (Lipinski definition) is 3. The molecule has 1 fully saturated rings. The summed E-state index contributed by atoms with van der Waals surface area (Å²) in [6.07, 6.45) is 0. The maximum Gasteiger partial charge on any atom is 0.232 e. The first-order chi connectivity index (χ1) is 9.83. The fourth-order valence-corrected chi connectivity index (χ4v) is 2.09. The van der Waals surface area contributed by atoms with Gasteiger partial charge in [-0.05, 0) is 34.6 Å². The summed E-state index contributed by atoms with van der Waals surface area (Å²) in [5, 5.41) is 9.94. The normalized spacial score (nSPS) is 16.2. The lowest BCUT2D eigenvalue weighted by atomic mass is 10.1. The number of nitrogens with one attached hydrogen (secondary N) is 3. The molecule has 1 aromatic heterocycles. The van der Waals surface area contributed by atoms with E-state index in [0.717, 1.165) is 32.1 Å². The summed E-state index contributed by atoms with van der Waals surface area (Å²) in [5.74, 6) is 1.98. The lowest BCUT2D eigenvalue weighted by molar-refractivity contribution is 0.577. The maximum atomic E-state index is 4.57. The first-order valence-corrected chi connectivity index (χ1v) is 7.60. The van der Waals surface area contributed by atoms with E-state index in [2.05, 4.69) is 70.4 Å². The Balaban J connectivity index is 2.27. The van der Waals surface area contributed by atoms with Crippen molar-refractivity contribution < 1.29 is 0 Å². The predicted molar refractivity (Wildman–Crippen MR) is 87.0 cm³/mol. The molecule has 1 aromatic rings. The smallest absolute Gasteiger partial charge is 0.232 e. The summed E-state index contributed by atoms with van der Waals surface area (Å²) in [6.45, 7) is 14.2. The molecule has 0 unspecified atom stereocenters. The summed E-state index contributed by atoms with van der Waals surface area (Å²) in [6, 6.07) is 0.283. The van der Waals surface area contributed by atoms with Gasteiger partial charge < -0.3 is 20.9 Å². The first kappa shape index (κ1) is 15.8. The van der Waals surface area contributed by atoms with Crippen LogP contribution in [-0.2, 0) is 0 Å². The van der Waals surface area contributed by atoms with Gasteiger partial charge in [-0.1, -0.05) is 0 Å². The van der Waals surface area contributed by atoms with E-state index in [1.165, 1.54) is 0 Å². The molecule has 0 spiro atoms. The molecule has 0 aliphatic carbocycles. The van der Waals surface area contributed by atoms with Crippen LogP contribution in [0.3, 0.4) is 0 Å². The predicted octanol–water partition coefficient (Wildman–Crippen LogP) is 1.31. The molecule has 1 aliphatic rings. The Hall–Kier alpha value is -1.63. The number of nitrogens with zero attached hydrogens (tertiary/aromatic N) is 4. The highest BCUT2D eigenvalue weighted by molar-refractivity contribution is 5.45. The molecule has 3 N–H and O–H groups in total. The fraction of sp³-hybridized carbons (Fsp3) is 0.786. The Morgan fingerprint density at radius 3 is 2.24 bits per heavy atom. The van der Waals surface area contributed by atoms with Crippen molar-refractivity contribution in [2.75, 3.05) is 41.7 Å². The fourth-order valence-electron chi connectivity index (χ4n) is 2.09. The van der Waals surface area contributed by atoms with Gasteiger partial charge in [-0.2, -0.15) is 15.0 Å². The Labute approximate surface area is 127 Å². The van der Waals surface area contributed by atoms with Crippen molar-refractivity contribution in [1.82, 2.24) is 20.3 Å². The average Bonchev–Trinajstić information content (AvgIpc) is 2.36. The Morgan fingerprint density at radius 2 is 1.67 bits per heavy atom. The molecule has 0 atom stereocenters. The van der Waals surface area contributed by atoms with Gasteiger partial charge in [0.25, 0.3) is 0 Å². The highest BCUT2D eigenvalue weighted by Gasteiger charge is 2.18. The number of hydrogen-bond acceptors (Lipinski definition) is 7. The number of aromatic nitrogens is 3. The van der Waals surface area contributed by atoms with E-state index in [-0.39, 0.29) is 11.6 Å². The van der Waals surface area contributed by atoms with E-state index in [4.69, 9.17) is 0 Å². The van der Waals surface area contributed by atoms with Crippen molar-refractivity contribution in [2.45, 2.75) is 46.2 Å². The van der Waals surface area contributed by atoms with Gasteiger partial charge in [0.2, 0.25) is 17.8 Å². The summed E-state index contributed by atoms with van der Waals surface area (Å²) in [4.78, 5) is 15.8. The molecular weight excluding hydrogens is 266 g/mol. The second-order valence-electron chi connectivity index (χ2n) is 6.69. The van der Waals surface area contributed by atoms with Gasteiger partial charge in [0.15, 0.2) is 0 Å². The minimum absolute atomic E-state index is 0.0861. The van der Waals surface area contributed by atoms with Crippen molar-refractivity contribution in [3.05, 3.63) is 0 Å². The van der Waals surface area contributed by atoms with Gasteiger partial charge in [-0.3, -0.25) is 0 Å². The minimum Gasteiger partial charge on any atom is -0.352 e. The van der Waals surface area contributed by atoms with Crippen LogP contribution in [0.2, 0.25) is 0 Å². The van der Waals surface area contributed by atoms with Crippen LogP contribution in [0.15, 0.2) is 0 Å². The van der Waals surface area contributed by atoms with Gasteiger partial charge >= 0.3 is 0 Å². The molecule has 21 heavy (non-hydrogen) atoms. The highest BCUT2D eigenvalue weighted by atomic mass is 15.3. The van der Waals surface area contributed by atoms with Crippen LogP contribution in [0, 0.1) is 0 Å². The third kappa shape index (κ3) is 5.00. The lowest BCUT2D eigenvalue weighted by Gasteiger charge is -2.28. The van der Waals surface area contributed by atoms with E-state index < -0.39 is 0 Å². The Bertz CT molecular complexity index is 461. The Morgan fingerprint density at radius 1 is 1.05 bits per heavy atom. The zero-order valence-electron chi connectivity index (χ0n) is 13.7. The quantitative estimate of drug-likeness (QED) is 0.772. The molecule has 1 saturated heterocycles. The zero-order valence-corrected chi connectivity index (χ0v) is 13.7. The van der Waals surface area contributed by atoms with Crippen molar-refractivity contribution in [3.63, 3.8) is 0 Å². The standard InChI is InChI=1S/C14H27N7/c1-10(2)16-11-17-12(20-14(3,4)5)19-13(18-11)21-8-6-15-7-9-21/h10,15H,6-9H2,1-5H3,(H2,16,17,18,19,20). The summed E-state index contributed by atoms with van der Waals surface area (Å²) in [7, 11) is 0. The van der Waals surface area contributed by atoms with E-state index in [0.29, 0.717) is 11.9 Å². The van der Waals surface area contributed by atoms with E-state index in [9.17, 15) is 0 Å². The molecule has 118 valence electrons. The van der Waals surface area contributed by atoms with Gasteiger partial charge in [0.05, 0.1) is 0 Å². The molecule has 2 heterocycles. The van der Waals surface area contributed by atoms with E-state index in [1.54, 1.807) is 0 Å². The number of piperazine rings is 1. The van der Waals surface area contributed by atoms with Crippen LogP contribution in [0.25, 0.3) is 0 Å². The SMILES string of the molecule is CC(C)Nc1nc(NC(C)(C)C)nc(N2CCNCC2)n1. The summed E-state index contributed by atoms with van der Waals surface area (Å²) < 4.78 is 0. The average molecular weight is 293 g/mol. The van der Waals surface area contributed by atoms with Crippen LogP contribution < -0.4 is 20.9 Å². The molecule has 0 bridgehead atoms. The molecule has 7 nitrogen and oxygen atoms in total. The number of anilines is 3. The van der Waals surface area contributed by atoms with Gasteiger partial charge in [-0.15, -0.1) is 0 Å². The van der Waals surface area contributed by atoms with Gasteiger partial charge in [0.1, 0.15) is 0 Å². The van der Waals surface area contributed by atoms with Crippen molar-refractivity contribution in [3.8, 4) is 0 Å². The molecule has 1 aliphatic heterocycles. The second-order valence-corrected chi connectivity index (χ2v) is 6.69. The lowest BCUT2D eigenvalue weighted by Crippen LogP contribution is -2.44. The third-order valence-electron chi connectivity index (χ3n) is 2.93. The largest absolute Gasteiger partial charge is 0.352 e. The second kappa shape index (κ2) is 6.43. The van der Waals surface area contributed by atoms with E-state index in [1.807, 2.05) is 0 Å². The highest BCUT2D eigenvalue weighted by Crippen LogP contribution is 2.17. The summed E-state index contributed by atoms with van der Waals surface area (Å²) >= 11 is 0. The van der Waals surface area contributed by atoms with Crippen molar-refractivity contribution in [1.29, 1.82) is 0 Å². The monoisotopic (exact) mass is 293 g/mol. The van der Waals surface area contributed by atoms with Crippen LogP contribution in [0.1, 0.15) is 34.6 Å². The molecule has 2 rings (SSSR count). The Kier molecular flexibility index (Phi) is 4.82. The molecule has 7 heteroatoms. The molecule has 0 aromatic carbocycles. The molecular formula is C14H27N7. The van der Waals surface area contributed by atoms with Gasteiger partial charge in [0, 0.05) is 37.8 Å². The zero-order chi connectivity index (χ0) is 15.5. The first-order valence-electron chi connectivity index (χ1n) is 7.60. The van der Waals surface area contributed by atoms with Crippen LogP contribution in [0.5, 0.6) is 0 Å². The van der Waals surface area contributed by atoms with Crippen LogP contribution in [-0.4, -0.2) is 52.7 Å². The minimum atomic E-state index is -0.0861. The molecule has 0 saturated carbocycles. The number of rotatable bonds is 4.